The van der Waals surface area contributed by atoms with Gasteiger partial charge in [0, 0.05) is 30.1 Å². The molecular weight excluding hydrogens is 264 g/mol. The van der Waals surface area contributed by atoms with Crippen LogP contribution in [0.15, 0.2) is 30.3 Å². The Kier molecular flexibility index (Phi) is 4.58. The van der Waals surface area contributed by atoms with Crippen LogP contribution >= 0.6 is 0 Å². The fraction of sp³-hybridized carbons (Fsp3) is 0.294. The highest BCUT2D eigenvalue weighted by Gasteiger charge is 2.12. The summed E-state index contributed by atoms with van der Waals surface area (Å²) in [5.41, 5.74) is 4.06. The molecule has 0 radical (unpaired) electrons. The van der Waals surface area contributed by atoms with Crippen LogP contribution in [-0.2, 0) is 16.0 Å². The summed E-state index contributed by atoms with van der Waals surface area (Å²) in [6, 6.07) is 8.04. The Labute approximate surface area is 124 Å². The number of carbonyl (C=O) groups excluding carboxylic acids is 2. The number of amides is 1. The molecule has 0 saturated carbocycles. The molecule has 2 rings (SSSR count). The first-order valence-electron chi connectivity index (χ1n) is 7.02. The summed E-state index contributed by atoms with van der Waals surface area (Å²) in [5.74, 6) is -0.00800. The van der Waals surface area contributed by atoms with E-state index in [0.29, 0.717) is 6.54 Å². The van der Waals surface area contributed by atoms with Crippen molar-refractivity contribution < 1.29 is 9.59 Å². The quantitative estimate of drug-likeness (QED) is 0.829. The van der Waals surface area contributed by atoms with E-state index in [1.807, 2.05) is 25.1 Å². The van der Waals surface area contributed by atoms with Crippen molar-refractivity contribution >= 4 is 28.2 Å². The van der Waals surface area contributed by atoms with E-state index in [0.717, 1.165) is 34.2 Å². The first-order valence-corrected chi connectivity index (χ1v) is 7.02. The topological polar surface area (TPSA) is 62.0 Å². The molecule has 0 bridgehead atoms. The van der Waals surface area contributed by atoms with Crippen molar-refractivity contribution in [3.63, 3.8) is 0 Å². The van der Waals surface area contributed by atoms with Crippen molar-refractivity contribution in [1.29, 1.82) is 0 Å². The molecule has 110 valence electrons. The molecule has 4 heteroatoms. The number of nitrogens with one attached hydrogen (secondary N) is 2. The fourth-order valence-corrected chi connectivity index (χ4v) is 2.54. The third-order valence-corrected chi connectivity index (χ3v) is 3.38. The van der Waals surface area contributed by atoms with Crippen molar-refractivity contribution in [1.82, 2.24) is 10.3 Å². The van der Waals surface area contributed by atoms with Gasteiger partial charge in [-0.15, -0.1) is 0 Å². The Morgan fingerprint density at radius 1 is 1.19 bits per heavy atom. The monoisotopic (exact) mass is 284 g/mol. The Balaban J connectivity index is 2.43. The molecule has 0 spiro atoms. The number of hydrogen-bond donors (Lipinski definition) is 2. The van der Waals surface area contributed by atoms with Crippen molar-refractivity contribution in [2.75, 3.05) is 6.54 Å². The zero-order chi connectivity index (χ0) is 15.4. The normalized spacial score (nSPS) is 11.7. The Morgan fingerprint density at radius 3 is 2.57 bits per heavy atom. The third kappa shape index (κ3) is 3.60. The van der Waals surface area contributed by atoms with Crippen LogP contribution in [0.1, 0.15) is 32.0 Å². The van der Waals surface area contributed by atoms with Crippen LogP contribution in [0, 0.1) is 0 Å². The van der Waals surface area contributed by atoms with Gasteiger partial charge in [-0.25, -0.2) is 0 Å². The van der Waals surface area contributed by atoms with Crippen molar-refractivity contribution in [2.45, 2.75) is 27.2 Å². The molecule has 0 saturated heterocycles. The number of H-pyrrole nitrogens is 1. The minimum atomic E-state index is -0.0348. The molecule has 1 aromatic heterocycles. The van der Waals surface area contributed by atoms with Gasteiger partial charge in [-0.3, -0.25) is 9.59 Å². The zero-order valence-corrected chi connectivity index (χ0v) is 12.6. The van der Waals surface area contributed by atoms with Crippen molar-refractivity contribution in [3.8, 4) is 0 Å². The van der Waals surface area contributed by atoms with Gasteiger partial charge in [-0.2, -0.15) is 0 Å². The molecule has 0 unspecified atom stereocenters. The van der Waals surface area contributed by atoms with E-state index < -0.39 is 0 Å². The maximum absolute atomic E-state index is 11.3. The van der Waals surface area contributed by atoms with E-state index in [9.17, 15) is 9.59 Å². The molecule has 2 aromatic rings. The molecule has 0 aliphatic heterocycles. The predicted octanol–water partition coefficient (Wildman–Crippen LogP) is 2.84. The number of aromatic amines is 1. The second-order valence-electron chi connectivity index (χ2n) is 5.20. The number of carbonyl (C=O) groups is 2. The third-order valence-electron chi connectivity index (χ3n) is 3.38. The Bertz CT molecular complexity index is 711. The average molecular weight is 284 g/mol. The summed E-state index contributed by atoms with van der Waals surface area (Å²) in [5, 5.41) is 3.95. The van der Waals surface area contributed by atoms with Gasteiger partial charge in [0.05, 0.1) is 0 Å². The van der Waals surface area contributed by atoms with Gasteiger partial charge in [0.15, 0.2) is 5.78 Å². The largest absolute Gasteiger partial charge is 0.356 e. The van der Waals surface area contributed by atoms with Crippen LogP contribution in [0.3, 0.4) is 0 Å². The van der Waals surface area contributed by atoms with E-state index in [-0.39, 0.29) is 11.7 Å². The number of ketones is 1. The van der Waals surface area contributed by atoms with Crippen molar-refractivity contribution in [3.05, 3.63) is 41.6 Å². The predicted molar refractivity (Wildman–Crippen MR) is 85.0 cm³/mol. The second-order valence-corrected chi connectivity index (χ2v) is 5.20. The molecular formula is C17H20N2O2. The molecule has 0 aliphatic rings. The summed E-state index contributed by atoms with van der Waals surface area (Å²) in [7, 11) is 0. The highest BCUT2D eigenvalue weighted by atomic mass is 16.1. The van der Waals surface area contributed by atoms with Crippen LogP contribution in [0.25, 0.3) is 16.5 Å². The lowest BCUT2D eigenvalue weighted by Crippen LogP contribution is -2.22. The van der Waals surface area contributed by atoms with Crippen LogP contribution in [0.5, 0.6) is 0 Å². The summed E-state index contributed by atoms with van der Waals surface area (Å²) in [4.78, 5) is 25.7. The molecule has 2 N–H and O–H groups in total. The van der Waals surface area contributed by atoms with Crippen molar-refractivity contribution in [2.24, 2.45) is 0 Å². The van der Waals surface area contributed by atoms with E-state index in [1.165, 1.54) is 6.92 Å². The minimum Gasteiger partial charge on any atom is -0.356 e. The maximum atomic E-state index is 11.3. The van der Waals surface area contributed by atoms with Crippen LogP contribution < -0.4 is 5.32 Å². The molecule has 0 atom stereocenters. The maximum Gasteiger partial charge on any atom is 0.216 e. The van der Waals surface area contributed by atoms with Gasteiger partial charge in [0.25, 0.3) is 0 Å². The standard InChI is InChI=1S/C17H20N2O2/c1-11(10-12(2)20)17-15(8-9-18-13(3)21)14-6-4-5-7-16(14)19-17/h4-7,10,19H,8-9H2,1-3H3,(H,18,21)/b11-10+. The second kappa shape index (κ2) is 6.39. The lowest BCUT2D eigenvalue weighted by atomic mass is 10.0. The van der Waals surface area contributed by atoms with Crippen LogP contribution in [0.4, 0.5) is 0 Å². The number of aromatic nitrogens is 1. The highest BCUT2D eigenvalue weighted by Crippen LogP contribution is 2.27. The smallest absolute Gasteiger partial charge is 0.216 e. The van der Waals surface area contributed by atoms with Gasteiger partial charge >= 0.3 is 0 Å². The number of hydrogen-bond acceptors (Lipinski definition) is 2. The molecule has 0 aliphatic carbocycles. The van der Waals surface area contributed by atoms with E-state index in [4.69, 9.17) is 0 Å². The first kappa shape index (κ1) is 15.0. The lowest BCUT2D eigenvalue weighted by Gasteiger charge is -2.06. The van der Waals surface area contributed by atoms with Gasteiger partial charge in [-0.05, 0) is 43.5 Å². The molecule has 0 fully saturated rings. The summed E-state index contributed by atoms with van der Waals surface area (Å²) < 4.78 is 0. The number of fused-ring (bicyclic) bond motifs is 1. The van der Waals surface area contributed by atoms with Crippen LogP contribution in [-0.4, -0.2) is 23.2 Å². The summed E-state index contributed by atoms with van der Waals surface area (Å²) in [6.45, 7) is 5.56. The Morgan fingerprint density at radius 2 is 1.90 bits per heavy atom. The van der Waals surface area contributed by atoms with Gasteiger partial charge in [0.1, 0.15) is 0 Å². The van der Waals surface area contributed by atoms with E-state index >= 15 is 0 Å². The number of benzene rings is 1. The van der Waals surface area contributed by atoms with Crippen LogP contribution in [0.2, 0.25) is 0 Å². The first-order chi connectivity index (χ1) is 9.99. The number of rotatable bonds is 5. The highest BCUT2D eigenvalue weighted by molar-refractivity contribution is 5.97. The van der Waals surface area contributed by atoms with E-state index in [1.54, 1.807) is 13.0 Å². The van der Waals surface area contributed by atoms with Gasteiger partial charge in [0.2, 0.25) is 5.91 Å². The summed E-state index contributed by atoms with van der Waals surface area (Å²) >= 11 is 0. The average Bonchev–Trinajstić information content (AvgIpc) is 2.77. The van der Waals surface area contributed by atoms with Gasteiger partial charge < -0.3 is 10.3 Å². The molecule has 1 amide bonds. The number of allylic oxidation sites excluding steroid dienone is 2. The number of para-hydroxylation sites is 1. The molecule has 1 aromatic carbocycles. The van der Waals surface area contributed by atoms with E-state index in [2.05, 4.69) is 16.4 Å². The molecule has 21 heavy (non-hydrogen) atoms. The summed E-state index contributed by atoms with van der Waals surface area (Å²) in [6.07, 6.45) is 2.36. The Hall–Kier alpha value is -2.36. The fourth-order valence-electron chi connectivity index (χ4n) is 2.54. The molecule has 4 nitrogen and oxygen atoms in total. The SMILES string of the molecule is CC(=O)/C=C(\C)c1[nH]c2ccccc2c1CCNC(C)=O. The lowest BCUT2D eigenvalue weighted by molar-refractivity contribution is -0.119. The van der Waals surface area contributed by atoms with Gasteiger partial charge in [-0.1, -0.05) is 18.2 Å². The zero-order valence-electron chi connectivity index (χ0n) is 12.6. The molecule has 1 heterocycles. The minimum absolute atomic E-state index is 0.0268.